The maximum absolute atomic E-state index is 12.8. The number of hydrogen-bond acceptors (Lipinski definition) is 2. The van der Waals surface area contributed by atoms with E-state index in [9.17, 15) is 9.59 Å². The van der Waals surface area contributed by atoms with Crippen LogP contribution in [0.5, 0.6) is 0 Å². The van der Waals surface area contributed by atoms with Crippen LogP contribution in [0.4, 0.5) is 0 Å². The summed E-state index contributed by atoms with van der Waals surface area (Å²) >= 11 is 11.8. The molecule has 4 nitrogen and oxygen atoms in total. The molecule has 24 heavy (non-hydrogen) atoms. The lowest BCUT2D eigenvalue weighted by molar-refractivity contribution is 0.103. The second-order valence-corrected chi connectivity index (χ2v) is 6.29. The van der Waals surface area contributed by atoms with Crippen molar-refractivity contribution in [3.05, 3.63) is 85.8 Å². The molecule has 0 saturated carbocycles. The zero-order chi connectivity index (χ0) is 17.4. The molecule has 0 aliphatic carbocycles. The highest BCUT2D eigenvalue weighted by molar-refractivity contribution is 6.31. The summed E-state index contributed by atoms with van der Waals surface area (Å²) in [5.74, 6) is -0.322. The van der Waals surface area contributed by atoms with Crippen molar-refractivity contribution in [2.24, 2.45) is 7.05 Å². The lowest BCUT2D eigenvalue weighted by Crippen LogP contribution is -2.22. The standard InChI is InChI=1S/C18H14Cl2N2O2/c1-11-16(17(23)12-3-5-13(19)6-4-12)18(24)22(21(11)2)15-9-7-14(20)8-10-15/h3-10H,1-2H3. The van der Waals surface area contributed by atoms with Crippen molar-refractivity contribution in [1.29, 1.82) is 0 Å². The minimum absolute atomic E-state index is 0.148. The first kappa shape index (κ1) is 16.6. The van der Waals surface area contributed by atoms with Gasteiger partial charge in [-0.05, 0) is 55.5 Å². The van der Waals surface area contributed by atoms with Crippen LogP contribution in [0.1, 0.15) is 21.6 Å². The fourth-order valence-electron chi connectivity index (χ4n) is 2.59. The first-order valence-corrected chi connectivity index (χ1v) is 8.00. The van der Waals surface area contributed by atoms with Crippen LogP contribution >= 0.6 is 23.2 Å². The molecular weight excluding hydrogens is 347 g/mol. The fourth-order valence-corrected chi connectivity index (χ4v) is 2.84. The van der Waals surface area contributed by atoms with E-state index in [-0.39, 0.29) is 16.9 Å². The summed E-state index contributed by atoms with van der Waals surface area (Å²) in [5, 5.41) is 1.12. The van der Waals surface area contributed by atoms with Gasteiger partial charge in [-0.2, -0.15) is 0 Å². The Morgan fingerprint density at radius 2 is 1.42 bits per heavy atom. The quantitative estimate of drug-likeness (QED) is 0.662. The molecule has 6 heteroatoms. The molecule has 3 rings (SSSR count). The van der Waals surface area contributed by atoms with Crippen LogP contribution in [0, 0.1) is 6.92 Å². The highest BCUT2D eigenvalue weighted by Gasteiger charge is 2.23. The van der Waals surface area contributed by atoms with Crippen LogP contribution in [0.2, 0.25) is 10.0 Å². The topological polar surface area (TPSA) is 44.0 Å². The molecule has 1 heterocycles. The Labute approximate surface area is 148 Å². The van der Waals surface area contributed by atoms with Crippen molar-refractivity contribution < 1.29 is 4.79 Å². The van der Waals surface area contributed by atoms with Crippen LogP contribution in [-0.4, -0.2) is 15.1 Å². The first-order chi connectivity index (χ1) is 11.4. The number of ketones is 1. The van der Waals surface area contributed by atoms with E-state index < -0.39 is 0 Å². The predicted octanol–water partition coefficient (Wildman–Crippen LogP) is 4.02. The van der Waals surface area contributed by atoms with Gasteiger partial charge in [0.15, 0.2) is 5.78 Å². The van der Waals surface area contributed by atoms with Crippen molar-refractivity contribution in [3.8, 4) is 5.69 Å². The van der Waals surface area contributed by atoms with Gasteiger partial charge in [0.1, 0.15) is 5.56 Å². The van der Waals surface area contributed by atoms with Crippen molar-refractivity contribution >= 4 is 29.0 Å². The summed E-state index contributed by atoms with van der Waals surface area (Å²) in [7, 11) is 1.74. The lowest BCUT2D eigenvalue weighted by atomic mass is 10.0. The maximum atomic E-state index is 12.8. The number of rotatable bonds is 3. The number of halogens is 2. The Kier molecular flexibility index (Phi) is 4.35. The van der Waals surface area contributed by atoms with Crippen LogP contribution < -0.4 is 5.56 Å². The highest BCUT2D eigenvalue weighted by Crippen LogP contribution is 2.17. The number of hydrogen-bond donors (Lipinski definition) is 0. The molecule has 0 aliphatic rings. The summed E-state index contributed by atoms with van der Waals surface area (Å²) in [6, 6.07) is 13.4. The lowest BCUT2D eigenvalue weighted by Gasteiger charge is -2.08. The van der Waals surface area contributed by atoms with Gasteiger partial charge in [0.05, 0.1) is 5.69 Å². The Bertz CT molecular complexity index is 968. The van der Waals surface area contributed by atoms with Gasteiger partial charge in [-0.15, -0.1) is 0 Å². The normalized spacial score (nSPS) is 10.8. The van der Waals surface area contributed by atoms with Gasteiger partial charge in [-0.1, -0.05) is 23.2 Å². The third kappa shape index (κ3) is 2.79. The van der Waals surface area contributed by atoms with E-state index in [2.05, 4.69) is 0 Å². The van der Waals surface area contributed by atoms with E-state index >= 15 is 0 Å². The number of aromatic nitrogens is 2. The molecule has 0 unspecified atom stereocenters. The third-order valence-corrected chi connectivity index (χ3v) is 4.46. The highest BCUT2D eigenvalue weighted by atomic mass is 35.5. The fraction of sp³-hybridized carbons (Fsp3) is 0.111. The molecule has 2 aromatic carbocycles. The van der Waals surface area contributed by atoms with Gasteiger partial charge >= 0.3 is 0 Å². The zero-order valence-electron chi connectivity index (χ0n) is 13.1. The van der Waals surface area contributed by atoms with E-state index in [0.29, 0.717) is 27.0 Å². The molecule has 0 radical (unpaired) electrons. The van der Waals surface area contributed by atoms with E-state index in [0.717, 1.165) is 0 Å². The second-order valence-electron chi connectivity index (χ2n) is 5.41. The number of nitrogens with zero attached hydrogens (tertiary/aromatic N) is 2. The van der Waals surface area contributed by atoms with Crippen molar-refractivity contribution in [3.63, 3.8) is 0 Å². The van der Waals surface area contributed by atoms with Crippen LogP contribution in [0.25, 0.3) is 5.69 Å². The van der Waals surface area contributed by atoms with Crippen molar-refractivity contribution in [2.75, 3.05) is 0 Å². The minimum Gasteiger partial charge on any atom is -0.288 e. The number of carbonyl (C=O) groups excluding carboxylic acids is 1. The smallest absolute Gasteiger partial charge is 0.282 e. The van der Waals surface area contributed by atoms with Crippen LogP contribution in [0.3, 0.4) is 0 Å². The minimum atomic E-state index is -0.364. The van der Waals surface area contributed by atoms with Gasteiger partial charge in [0.2, 0.25) is 0 Å². The van der Waals surface area contributed by atoms with E-state index in [1.54, 1.807) is 67.2 Å². The summed E-state index contributed by atoms with van der Waals surface area (Å²) in [4.78, 5) is 25.6. The molecule has 0 atom stereocenters. The van der Waals surface area contributed by atoms with E-state index in [1.165, 1.54) is 4.68 Å². The largest absolute Gasteiger partial charge is 0.288 e. The Morgan fingerprint density at radius 1 is 0.917 bits per heavy atom. The van der Waals surface area contributed by atoms with Gasteiger partial charge in [0, 0.05) is 28.4 Å². The molecule has 3 aromatic rings. The Hall–Kier alpha value is -2.30. The third-order valence-electron chi connectivity index (χ3n) is 3.96. The van der Waals surface area contributed by atoms with Crippen molar-refractivity contribution in [2.45, 2.75) is 6.92 Å². The Morgan fingerprint density at radius 3 is 1.96 bits per heavy atom. The number of carbonyl (C=O) groups is 1. The summed E-state index contributed by atoms with van der Waals surface area (Å²) in [6.07, 6.45) is 0. The van der Waals surface area contributed by atoms with Gasteiger partial charge in [0.25, 0.3) is 5.56 Å². The molecule has 0 amide bonds. The average Bonchev–Trinajstić information content (AvgIpc) is 2.78. The molecule has 0 bridgehead atoms. The SMILES string of the molecule is Cc1c(C(=O)c2ccc(Cl)cc2)c(=O)n(-c2ccc(Cl)cc2)n1C. The molecule has 0 N–H and O–H groups in total. The first-order valence-electron chi connectivity index (χ1n) is 7.25. The van der Waals surface area contributed by atoms with Crippen molar-refractivity contribution in [1.82, 2.24) is 9.36 Å². The molecule has 0 spiro atoms. The predicted molar refractivity (Wildman–Crippen MR) is 95.6 cm³/mol. The van der Waals surface area contributed by atoms with E-state index in [4.69, 9.17) is 23.2 Å². The maximum Gasteiger partial charge on any atom is 0.282 e. The van der Waals surface area contributed by atoms with Gasteiger partial charge in [-0.3, -0.25) is 14.3 Å². The zero-order valence-corrected chi connectivity index (χ0v) is 14.6. The average molecular weight is 361 g/mol. The van der Waals surface area contributed by atoms with E-state index in [1.807, 2.05) is 0 Å². The summed E-state index contributed by atoms with van der Waals surface area (Å²) < 4.78 is 3.11. The monoisotopic (exact) mass is 360 g/mol. The summed E-state index contributed by atoms with van der Waals surface area (Å²) in [6.45, 7) is 1.75. The number of benzene rings is 2. The van der Waals surface area contributed by atoms with Crippen LogP contribution in [0.15, 0.2) is 53.3 Å². The van der Waals surface area contributed by atoms with Crippen LogP contribution in [-0.2, 0) is 7.05 Å². The van der Waals surface area contributed by atoms with Gasteiger partial charge < -0.3 is 0 Å². The molecule has 1 aromatic heterocycles. The Balaban J connectivity index is 2.15. The molecule has 122 valence electrons. The molecule has 0 fully saturated rings. The second kappa shape index (κ2) is 6.30. The molecule has 0 aliphatic heterocycles. The summed E-state index contributed by atoms with van der Waals surface area (Å²) in [5.41, 5.74) is 1.44. The molecule has 0 saturated heterocycles. The molecular formula is C18H14Cl2N2O2. The van der Waals surface area contributed by atoms with Gasteiger partial charge in [-0.25, -0.2) is 4.68 Å².